The molecule has 0 unspecified atom stereocenters. The molecule has 0 saturated carbocycles. The van der Waals surface area contributed by atoms with Crippen LogP contribution in [0.2, 0.25) is 0 Å². The molecule has 202 valence electrons. The van der Waals surface area contributed by atoms with Crippen LogP contribution in [0, 0.1) is 0 Å². The third-order valence-corrected chi connectivity index (χ3v) is 6.53. The summed E-state index contributed by atoms with van der Waals surface area (Å²) in [5.74, 6) is 0.308. The lowest BCUT2D eigenvalue weighted by Gasteiger charge is -2.15. The number of hydrogen-bond acceptors (Lipinski definition) is 4. The molecule has 4 rings (SSSR count). The topological polar surface area (TPSA) is 59.8 Å². The molecule has 0 atom stereocenters. The minimum atomic E-state index is -5.02. The van der Waals surface area contributed by atoms with Gasteiger partial charge in [0.1, 0.15) is 0 Å². The van der Waals surface area contributed by atoms with E-state index in [0.29, 0.717) is 35.4 Å². The molecule has 0 aliphatic heterocycles. The molecule has 4 aromatic rings. The molecule has 0 aliphatic carbocycles. The zero-order chi connectivity index (χ0) is 28.2. The van der Waals surface area contributed by atoms with E-state index in [1.807, 2.05) is 34.9 Å². The average Bonchev–Trinajstić information content (AvgIpc) is 3.29. The van der Waals surface area contributed by atoms with Crippen LogP contribution in [0.15, 0.2) is 90.6 Å². The fourth-order valence-corrected chi connectivity index (χ4v) is 4.52. The third-order valence-electron chi connectivity index (χ3n) is 5.49. The number of nitrogens with one attached hydrogen (secondary N) is 1. The first-order valence-corrected chi connectivity index (χ1v) is 12.4. The predicted molar refractivity (Wildman–Crippen MR) is 136 cm³/mol. The first-order chi connectivity index (χ1) is 18.5. The van der Waals surface area contributed by atoms with Crippen LogP contribution >= 0.6 is 11.8 Å². The Morgan fingerprint density at radius 2 is 1.51 bits per heavy atom. The van der Waals surface area contributed by atoms with Gasteiger partial charge in [0, 0.05) is 29.1 Å². The van der Waals surface area contributed by atoms with Crippen molar-refractivity contribution in [2.75, 3.05) is 5.32 Å². The number of amides is 1. The van der Waals surface area contributed by atoms with Gasteiger partial charge in [0.2, 0.25) is 0 Å². The van der Waals surface area contributed by atoms with E-state index < -0.39 is 35.1 Å². The molecule has 0 saturated heterocycles. The van der Waals surface area contributed by atoms with Crippen LogP contribution in [-0.4, -0.2) is 20.7 Å². The van der Waals surface area contributed by atoms with E-state index in [4.69, 9.17) is 0 Å². The number of aromatic nitrogens is 3. The number of nitrogens with zero attached hydrogens (tertiary/aromatic N) is 3. The highest BCUT2D eigenvalue weighted by atomic mass is 32.2. The van der Waals surface area contributed by atoms with E-state index in [9.17, 15) is 31.1 Å². The summed E-state index contributed by atoms with van der Waals surface area (Å²) in [5.41, 5.74) is -1.87. The molecule has 1 heterocycles. The molecule has 1 amide bonds. The Morgan fingerprint density at radius 1 is 0.897 bits per heavy atom. The summed E-state index contributed by atoms with van der Waals surface area (Å²) < 4.78 is 80.5. The molecule has 3 aromatic carbocycles. The third kappa shape index (κ3) is 6.88. The second kappa shape index (κ2) is 11.4. The van der Waals surface area contributed by atoms with Gasteiger partial charge >= 0.3 is 12.4 Å². The maximum atomic E-state index is 13.1. The van der Waals surface area contributed by atoms with Crippen molar-refractivity contribution in [3.8, 4) is 11.4 Å². The van der Waals surface area contributed by atoms with E-state index in [0.717, 1.165) is 11.1 Å². The first kappa shape index (κ1) is 28.0. The van der Waals surface area contributed by atoms with Crippen LogP contribution in [0.1, 0.15) is 27.0 Å². The normalized spacial score (nSPS) is 11.8. The van der Waals surface area contributed by atoms with Crippen LogP contribution < -0.4 is 5.32 Å². The number of benzene rings is 3. The molecular formula is C27H20F6N4OS. The van der Waals surface area contributed by atoms with Gasteiger partial charge in [-0.1, -0.05) is 60.3 Å². The molecule has 39 heavy (non-hydrogen) atoms. The number of anilines is 1. The molecular weight excluding hydrogens is 542 g/mol. The van der Waals surface area contributed by atoms with Gasteiger partial charge in [-0.15, -0.1) is 16.8 Å². The van der Waals surface area contributed by atoms with Crippen molar-refractivity contribution in [3.63, 3.8) is 0 Å². The summed E-state index contributed by atoms with van der Waals surface area (Å²) in [4.78, 5) is 12.6. The molecule has 0 bridgehead atoms. The van der Waals surface area contributed by atoms with Crippen LogP contribution in [0.3, 0.4) is 0 Å². The molecule has 0 radical (unpaired) electrons. The van der Waals surface area contributed by atoms with E-state index in [-0.39, 0.29) is 11.6 Å². The summed E-state index contributed by atoms with van der Waals surface area (Å²) in [5, 5.41) is 11.3. The predicted octanol–water partition coefficient (Wildman–Crippen LogP) is 7.71. The van der Waals surface area contributed by atoms with E-state index in [1.165, 1.54) is 23.9 Å². The molecule has 1 N–H and O–H groups in total. The maximum Gasteiger partial charge on any atom is 0.416 e. The maximum absolute atomic E-state index is 13.1. The standard InChI is InChI=1S/C27H20F6N4OS/c1-2-12-37-23(18-6-4-3-5-7-18)35-36-25(37)39-16-17-8-10-19(11-9-17)24(38)34-22-14-20(26(28,29)30)13-21(15-22)27(31,32)33/h2-11,13-15H,1,12,16H2,(H,34,38). The number of carbonyl (C=O) groups excluding carboxylic acids is 1. The Labute approximate surface area is 223 Å². The van der Waals surface area contributed by atoms with E-state index in [2.05, 4.69) is 22.1 Å². The van der Waals surface area contributed by atoms with Crippen molar-refractivity contribution in [1.82, 2.24) is 14.8 Å². The van der Waals surface area contributed by atoms with Crippen LogP contribution in [0.5, 0.6) is 0 Å². The van der Waals surface area contributed by atoms with Crippen LogP contribution in [0.25, 0.3) is 11.4 Å². The first-order valence-electron chi connectivity index (χ1n) is 11.4. The summed E-state index contributed by atoms with van der Waals surface area (Å²) in [6, 6.07) is 16.6. The second-order valence-corrected chi connectivity index (χ2v) is 9.25. The van der Waals surface area contributed by atoms with Gasteiger partial charge in [-0.05, 0) is 35.9 Å². The molecule has 1 aromatic heterocycles. The minimum absolute atomic E-state index is 0.000782. The number of rotatable bonds is 8. The van der Waals surface area contributed by atoms with Gasteiger partial charge in [0.15, 0.2) is 11.0 Å². The summed E-state index contributed by atoms with van der Waals surface area (Å²) in [7, 11) is 0. The second-order valence-electron chi connectivity index (χ2n) is 8.31. The van der Waals surface area contributed by atoms with Crippen molar-refractivity contribution in [3.05, 3.63) is 108 Å². The number of alkyl halides is 6. The van der Waals surface area contributed by atoms with Gasteiger partial charge < -0.3 is 5.32 Å². The van der Waals surface area contributed by atoms with E-state index in [1.54, 1.807) is 18.2 Å². The summed E-state index contributed by atoms with van der Waals surface area (Å²) in [6.07, 6.45) is -8.30. The molecule has 0 aliphatic rings. The number of hydrogen-bond donors (Lipinski definition) is 1. The summed E-state index contributed by atoms with van der Waals surface area (Å²) >= 11 is 1.41. The Kier molecular flexibility index (Phi) is 8.14. The molecule has 0 spiro atoms. The Bertz CT molecular complexity index is 1430. The number of halogens is 6. The Balaban J connectivity index is 1.46. The fraction of sp³-hybridized carbons (Fsp3) is 0.148. The number of allylic oxidation sites excluding steroid dienone is 1. The Hall–Kier alpha value is -4.06. The SMILES string of the molecule is C=CCn1c(SCc2ccc(C(=O)Nc3cc(C(F)(F)F)cc(C(F)(F)F)c3)cc2)nnc1-c1ccccc1. The fourth-order valence-electron chi connectivity index (χ4n) is 3.62. The average molecular weight is 563 g/mol. The highest BCUT2D eigenvalue weighted by molar-refractivity contribution is 7.98. The van der Waals surface area contributed by atoms with Gasteiger partial charge in [0.05, 0.1) is 11.1 Å². The largest absolute Gasteiger partial charge is 0.416 e. The van der Waals surface area contributed by atoms with Crippen molar-refractivity contribution >= 4 is 23.4 Å². The van der Waals surface area contributed by atoms with Crippen LogP contribution in [-0.2, 0) is 24.7 Å². The van der Waals surface area contributed by atoms with Crippen molar-refractivity contribution in [2.45, 2.75) is 29.8 Å². The molecule has 5 nitrogen and oxygen atoms in total. The number of thioether (sulfide) groups is 1. The van der Waals surface area contributed by atoms with Gasteiger partial charge in [0.25, 0.3) is 5.91 Å². The van der Waals surface area contributed by atoms with Crippen molar-refractivity contribution < 1.29 is 31.1 Å². The lowest BCUT2D eigenvalue weighted by Crippen LogP contribution is -2.16. The smallest absolute Gasteiger partial charge is 0.322 e. The van der Waals surface area contributed by atoms with Gasteiger partial charge in [-0.3, -0.25) is 9.36 Å². The van der Waals surface area contributed by atoms with Crippen molar-refractivity contribution in [1.29, 1.82) is 0 Å². The summed E-state index contributed by atoms with van der Waals surface area (Å²) in [6.45, 7) is 4.27. The highest BCUT2D eigenvalue weighted by Crippen LogP contribution is 2.37. The van der Waals surface area contributed by atoms with E-state index >= 15 is 0 Å². The van der Waals surface area contributed by atoms with Gasteiger partial charge in [-0.2, -0.15) is 26.3 Å². The van der Waals surface area contributed by atoms with Crippen LogP contribution in [0.4, 0.5) is 32.0 Å². The Morgan fingerprint density at radius 3 is 2.08 bits per heavy atom. The lowest BCUT2D eigenvalue weighted by molar-refractivity contribution is -0.143. The molecule has 12 heteroatoms. The molecule has 0 fully saturated rings. The zero-order valence-electron chi connectivity index (χ0n) is 20.1. The number of carbonyl (C=O) groups is 1. The quantitative estimate of drug-likeness (QED) is 0.136. The monoisotopic (exact) mass is 562 g/mol. The van der Waals surface area contributed by atoms with Crippen molar-refractivity contribution in [2.24, 2.45) is 0 Å². The zero-order valence-corrected chi connectivity index (χ0v) is 20.9. The minimum Gasteiger partial charge on any atom is -0.322 e. The highest BCUT2D eigenvalue weighted by Gasteiger charge is 2.37. The lowest BCUT2D eigenvalue weighted by atomic mass is 10.1. The van der Waals surface area contributed by atoms with Gasteiger partial charge in [-0.25, -0.2) is 0 Å².